The molecule has 0 bridgehead atoms. The molecule has 1 atom stereocenters. The van der Waals surface area contributed by atoms with Gasteiger partial charge in [0, 0.05) is 13.1 Å². The van der Waals surface area contributed by atoms with Gasteiger partial charge in [-0.2, -0.15) is 0 Å². The second-order valence-corrected chi connectivity index (χ2v) is 4.05. The molecular weight excluding hydrogens is 186 g/mol. The largest absolute Gasteiger partial charge is 0.475 e. The minimum Gasteiger partial charge on any atom is -0.475 e. The molecule has 0 unspecified atom stereocenters. The molecule has 0 saturated carbocycles. The normalized spacial score (nSPS) is 19.8. The predicted octanol–water partition coefficient (Wildman–Crippen LogP) is 2.70. The maximum atomic E-state index is 5.86. The Kier molecular flexibility index (Phi) is 3.62. The Morgan fingerprint density at radius 1 is 1.20 bits per heavy atom. The highest BCUT2D eigenvalue weighted by Crippen LogP contribution is 2.16. The molecule has 0 N–H and O–H groups in total. The van der Waals surface area contributed by atoms with E-state index in [1.165, 1.54) is 32.4 Å². The summed E-state index contributed by atoms with van der Waals surface area (Å²) in [6.07, 6.45) is 4.16. The van der Waals surface area contributed by atoms with Crippen LogP contribution in [0.3, 0.4) is 0 Å². The standard InChI is InChI=1S/C13H18NO/c1-12(14-10-6-3-7-11-14)15-13-8-4-2-5-9-13/h4-5,8-9,12H,3,6-7,10-11H2,1H3/t12-/m0/s1. The third kappa shape index (κ3) is 2.96. The van der Waals surface area contributed by atoms with Gasteiger partial charge in [0.15, 0.2) is 0 Å². The monoisotopic (exact) mass is 204 g/mol. The Morgan fingerprint density at radius 3 is 2.53 bits per heavy atom. The number of nitrogens with zero attached hydrogens (tertiary/aromatic N) is 1. The number of hydrogen-bond donors (Lipinski definition) is 0. The molecule has 15 heavy (non-hydrogen) atoms. The first-order chi connectivity index (χ1) is 7.36. The van der Waals surface area contributed by atoms with Crippen LogP contribution in [0.25, 0.3) is 0 Å². The summed E-state index contributed by atoms with van der Waals surface area (Å²) in [5.41, 5.74) is 0. The van der Waals surface area contributed by atoms with Crippen LogP contribution in [0.5, 0.6) is 5.75 Å². The van der Waals surface area contributed by atoms with Crippen LogP contribution in [0.2, 0.25) is 0 Å². The van der Waals surface area contributed by atoms with Crippen molar-refractivity contribution in [3.05, 3.63) is 30.3 Å². The first-order valence-corrected chi connectivity index (χ1v) is 5.73. The summed E-state index contributed by atoms with van der Waals surface area (Å²) in [6, 6.07) is 10.7. The molecule has 2 nitrogen and oxygen atoms in total. The van der Waals surface area contributed by atoms with Crippen molar-refractivity contribution >= 4 is 0 Å². The summed E-state index contributed by atoms with van der Waals surface area (Å²) in [6.45, 7) is 4.46. The smallest absolute Gasteiger partial charge is 0.149 e. The van der Waals surface area contributed by atoms with Crippen molar-refractivity contribution in [2.45, 2.75) is 32.4 Å². The number of ether oxygens (including phenoxy) is 1. The van der Waals surface area contributed by atoms with Gasteiger partial charge in [0.05, 0.1) is 0 Å². The van der Waals surface area contributed by atoms with Crippen molar-refractivity contribution in [1.82, 2.24) is 4.90 Å². The van der Waals surface area contributed by atoms with E-state index in [4.69, 9.17) is 4.74 Å². The van der Waals surface area contributed by atoms with Gasteiger partial charge in [-0.15, -0.1) is 0 Å². The molecule has 0 spiro atoms. The minimum atomic E-state index is 0.188. The lowest BCUT2D eigenvalue weighted by Gasteiger charge is -2.32. The van der Waals surface area contributed by atoms with Gasteiger partial charge in [-0.05, 0) is 38.0 Å². The van der Waals surface area contributed by atoms with Gasteiger partial charge < -0.3 is 4.74 Å². The number of benzene rings is 1. The second kappa shape index (κ2) is 5.17. The number of rotatable bonds is 3. The third-order valence-corrected chi connectivity index (χ3v) is 2.90. The van der Waals surface area contributed by atoms with Crippen molar-refractivity contribution in [2.75, 3.05) is 13.1 Å². The van der Waals surface area contributed by atoms with Crippen LogP contribution < -0.4 is 4.74 Å². The van der Waals surface area contributed by atoms with E-state index in [-0.39, 0.29) is 6.23 Å². The molecule has 1 aliphatic rings. The fourth-order valence-electron chi connectivity index (χ4n) is 2.00. The van der Waals surface area contributed by atoms with Crippen molar-refractivity contribution in [1.29, 1.82) is 0 Å². The highest BCUT2D eigenvalue weighted by atomic mass is 16.5. The molecule has 1 aliphatic heterocycles. The molecule has 81 valence electrons. The Balaban J connectivity index is 1.88. The molecule has 0 aliphatic carbocycles. The lowest BCUT2D eigenvalue weighted by molar-refractivity contribution is 0.0262. The van der Waals surface area contributed by atoms with Gasteiger partial charge in [-0.3, -0.25) is 4.90 Å². The molecule has 0 aromatic heterocycles. The summed E-state index contributed by atoms with van der Waals surface area (Å²) in [4.78, 5) is 2.40. The molecule has 1 aromatic rings. The molecule has 1 radical (unpaired) electrons. The van der Waals surface area contributed by atoms with Crippen LogP contribution in [-0.4, -0.2) is 24.2 Å². The highest BCUT2D eigenvalue weighted by Gasteiger charge is 2.17. The predicted molar refractivity (Wildman–Crippen MR) is 60.8 cm³/mol. The van der Waals surface area contributed by atoms with Gasteiger partial charge in [-0.25, -0.2) is 0 Å². The van der Waals surface area contributed by atoms with Crippen molar-refractivity contribution in [3.8, 4) is 5.75 Å². The van der Waals surface area contributed by atoms with Crippen molar-refractivity contribution in [3.63, 3.8) is 0 Å². The average Bonchev–Trinajstić information content (AvgIpc) is 2.31. The molecular formula is C13H18NO. The Hall–Kier alpha value is -1.02. The quantitative estimate of drug-likeness (QED) is 0.750. The van der Waals surface area contributed by atoms with Crippen LogP contribution in [-0.2, 0) is 0 Å². The summed E-state index contributed by atoms with van der Waals surface area (Å²) >= 11 is 0. The molecule has 1 saturated heterocycles. The van der Waals surface area contributed by atoms with Crippen molar-refractivity contribution in [2.24, 2.45) is 0 Å². The van der Waals surface area contributed by atoms with Crippen LogP contribution >= 0.6 is 0 Å². The third-order valence-electron chi connectivity index (χ3n) is 2.90. The summed E-state index contributed by atoms with van der Waals surface area (Å²) in [5, 5.41) is 0. The maximum absolute atomic E-state index is 5.86. The van der Waals surface area contributed by atoms with Crippen LogP contribution in [0.15, 0.2) is 24.3 Å². The van der Waals surface area contributed by atoms with E-state index in [0.29, 0.717) is 0 Å². The van der Waals surface area contributed by atoms with E-state index in [9.17, 15) is 0 Å². The van der Waals surface area contributed by atoms with Crippen LogP contribution in [0.4, 0.5) is 0 Å². The number of piperidine rings is 1. The van der Waals surface area contributed by atoms with E-state index < -0.39 is 0 Å². The lowest BCUT2D eigenvalue weighted by Crippen LogP contribution is -2.40. The summed E-state index contributed by atoms with van der Waals surface area (Å²) < 4.78 is 5.86. The Bertz CT molecular complexity index is 280. The van der Waals surface area contributed by atoms with Crippen molar-refractivity contribution < 1.29 is 4.74 Å². The average molecular weight is 204 g/mol. The van der Waals surface area contributed by atoms with E-state index in [1.807, 2.05) is 24.3 Å². The fraction of sp³-hybridized carbons (Fsp3) is 0.538. The SMILES string of the molecule is C[C@H](Oc1cc[c]cc1)N1CCCCC1. The molecule has 1 heterocycles. The van der Waals surface area contributed by atoms with E-state index in [0.717, 1.165) is 5.75 Å². The van der Waals surface area contributed by atoms with E-state index in [1.54, 1.807) is 0 Å². The number of likely N-dealkylation sites (tertiary alicyclic amines) is 1. The minimum absolute atomic E-state index is 0.188. The lowest BCUT2D eigenvalue weighted by atomic mass is 10.1. The zero-order valence-electron chi connectivity index (χ0n) is 9.28. The maximum Gasteiger partial charge on any atom is 0.149 e. The van der Waals surface area contributed by atoms with Gasteiger partial charge in [0.1, 0.15) is 12.0 Å². The second-order valence-electron chi connectivity index (χ2n) is 4.05. The molecule has 2 rings (SSSR count). The fourth-order valence-corrected chi connectivity index (χ4v) is 2.00. The Morgan fingerprint density at radius 2 is 1.87 bits per heavy atom. The van der Waals surface area contributed by atoms with Gasteiger partial charge in [-0.1, -0.05) is 18.6 Å². The summed E-state index contributed by atoms with van der Waals surface area (Å²) in [5.74, 6) is 0.937. The van der Waals surface area contributed by atoms with Gasteiger partial charge in [0.25, 0.3) is 0 Å². The van der Waals surface area contributed by atoms with Gasteiger partial charge in [0.2, 0.25) is 0 Å². The Labute approximate surface area is 91.9 Å². The summed E-state index contributed by atoms with van der Waals surface area (Å²) in [7, 11) is 0. The molecule has 0 amide bonds. The molecule has 2 heteroatoms. The molecule has 1 aromatic carbocycles. The van der Waals surface area contributed by atoms with Crippen LogP contribution in [0, 0.1) is 6.07 Å². The topological polar surface area (TPSA) is 12.5 Å². The van der Waals surface area contributed by atoms with E-state index in [2.05, 4.69) is 17.9 Å². The van der Waals surface area contributed by atoms with Gasteiger partial charge >= 0.3 is 0 Å². The number of hydrogen-bond acceptors (Lipinski definition) is 2. The zero-order valence-corrected chi connectivity index (χ0v) is 9.28. The first kappa shape index (κ1) is 10.5. The highest BCUT2D eigenvalue weighted by molar-refractivity contribution is 5.20. The first-order valence-electron chi connectivity index (χ1n) is 5.73. The zero-order chi connectivity index (χ0) is 10.5. The van der Waals surface area contributed by atoms with Crippen LogP contribution in [0.1, 0.15) is 26.2 Å². The molecule has 1 fully saturated rings. The van der Waals surface area contributed by atoms with E-state index >= 15 is 0 Å².